The average molecular weight is 285 g/mol. The zero-order valence-corrected chi connectivity index (χ0v) is 12.7. The second-order valence-electron chi connectivity index (χ2n) is 5.84. The molecule has 1 aromatic carbocycles. The number of nitrogens with one attached hydrogen (secondary N) is 1. The van der Waals surface area contributed by atoms with Crippen molar-refractivity contribution in [3.05, 3.63) is 29.8 Å². The number of ether oxygens (including phenoxy) is 1. The first-order valence-electron chi connectivity index (χ1n) is 7.14. The van der Waals surface area contributed by atoms with Crippen LogP contribution in [-0.2, 0) is 6.42 Å². The molecule has 1 aromatic rings. The summed E-state index contributed by atoms with van der Waals surface area (Å²) in [6, 6.07) is 7.29. The number of halogens is 2. The molecule has 0 radical (unpaired) electrons. The lowest BCUT2D eigenvalue weighted by Gasteiger charge is -2.29. The van der Waals surface area contributed by atoms with Gasteiger partial charge in [-0.15, -0.1) is 0 Å². The van der Waals surface area contributed by atoms with Crippen LogP contribution in [0.4, 0.5) is 8.78 Å². The van der Waals surface area contributed by atoms with Gasteiger partial charge in [0.15, 0.2) is 0 Å². The molecule has 1 atom stereocenters. The van der Waals surface area contributed by atoms with E-state index in [1.165, 1.54) is 0 Å². The number of hydrogen-bond acceptors (Lipinski definition) is 2. The van der Waals surface area contributed by atoms with Crippen molar-refractivity contribution in [3.63, 3.8) is 0 Å². The lowest BCUT2D eigenvalue weighted by Crippen LogP contribution is -2.44. The third-order valence-corrected chi connectivity index (χ3v) is 3.54. The van der Waals surface area contributed by atoms with E-state index in [-0.39, 0.29) is 11.3 Å². The van der Waals surface area contributed by atoms with Crippen molar-refractivity contribution < 1.29 is 13.5 Å². The average Bonchev–Trinajstić information content (AvgIpc) is 2.37. The van der Waals surface area contributed by atoms with Gasteiger partial charge in [-0.3, -0.25) is 0 Å². The molecule has 1 rings (SSSR count). The standard InChI is InChI=1S/C16H25F2NO/c1-5-16(3,4)19-12(2)6-7-13-8-10-14(11-9-13)20-15(17)18/h8-12,15,19H,5-7H2,1-4H3. The Labute approximate surface area is 120 Å². The van der Waals surface area contributed by atoms with Gasteiger partial charge in [0.2, 0.25) is 0 Å². The van der Waals surface area contributed by atoms with Crippen LogP contribution in [0.15, 0.2) is 24.3 Å². The van der Waals surface area contributed by atoms with Crippen molar-refractivity contribution in [3.8, 4) is 5.75 Å². The summed E-state index contributed by atoms with van der Waals surface area (Å²) < 4.78 is 28.4. The molecule has 1 N–H and O–H groups in total. The van der Waals surface area contributed by atoms with Crippen LogP contribution >= 0.6 is 0 Å². The molecule has 2 nitrogen and oxygen atoms in total. The van der Waals surface area contributed by atoms with E-state index >= 15 is 0 Å². The van der Waals surface area contributed by atoms with E-state index in [0.717, 1.165) is 24.8 Å². The largest absolute Gasteiger partial charge is 0.435 e. The highest BCUT2D eigenvalue weighted by Gasteiger charge is 2.17. The molecule has 1 unspecified atom stereocenters. The van der Waals surface area contributed by atoms with Gasteiger partial charge in [0.25, 0.3) is 0 Å². The predicted octanol–water partition coefficient (Wildman–Crippen LogP) is 4.39. The predicted molar refractivity (Wildman–Crippen MR) is 78.4 cm³/mol. The van der Waals surface area contributed by atoms with Gasteiger partial charge in [0.05, 0.1) is 0 Å². The third kappa shape index (κ3) is 6.33. The van der Waals surface area contributed by atoms with Crippen molar-refractivity contribution in [1.82, 2.24) is 5.32 Å². The van der Waals surface area contributed by atoms with Crippen LogP contribution in [0, 0.1) is 0 Å². The monoisotopic (exact) mass is 285 g/mol. The first-order chi connectivity index (χ1) is 9.32. The van der Waals surface area contributed by atoms with E-state index in [1.54, 1.807) is 12.1 Å². The van der Waals surface area contributed by atoms with Gasteiger partial charge in [-0.25, -0.2) is 0 Å². The molecule has 0 saturated heterocycles. The van der Waals surface area contributed by atoms with Gasteiger partial charge in [-0.1, -0.05) is 19.1 Å². The quantitative estimate of drug-likeness (QED) is 0.765. The van der Waals surface area contributed by atoms with Gasteiger partial charge in [0.1, 0.15) is 5.75 Å². The summed E-state index contributed by atoms with van der Waals surface area (Å²) in [4.78, 5) is 0. The Morgan fingerprint density at radius 3 is 2.30 bits per heavy atom. The van der Waals surface area contributed by atoms with Gasteiger partial charge in [0, 0.05) is 11.6 Å². The van der Waals surface area contributed by atoms with E-state index < -0.39 is 6.61 Å². The molecule has 114 valence electrons. The number of aryl methyl sites for hydroxylation is 1. The van der Waals surface area contributed by atoms with Crippen LogP contribution < -0.4 is 10.1 Å². The molecule has 4 heteroatoms. The number of rotatable bonds is 8. The van der Waals surface area contributed by atoms with Crippen LogP contribution in [-0.4, -0.2) is 18.2 Å². The highest BCUT2D eigenvalue weighted by Crippen LogP contribution is 2.17. The van der Waals surface area contributed by atoms with E-state index in [1.807, 2.05) is 12.1 Å². The zero-order chi connectivity index (χ0) is 15.2. The van der Waals surface area contributed by atoms with Crippen molar-refractivity contribution in [2.75, 3.05) is 0 Å². The Morgan fingerprint density at radius 1 is 1.20 bits per heavy atom. The van der Waals surface area contributed by atoms with Crippen LogP contribution in [0.5, 0.6) is 5.75 Å². The van der Waals surface area contributed by atoms with Crippen molar-refractivity contribution >= 4 is 0 Å². The van der Waals surface area contributed by atoms with Crippen molar-refractivity contribution in [1.29, 1.82) is 0 Å². The second kappa shape index (κ2) is 7.58. The summed E-state index contributed by atoms with van der Waals surface area (Å²) in [5.41, 5.74) is 1.28. The number of benzene rings is 1. The molecule has 0 fully saturated rings. The van der Waals surface area contributed by atoms with Crippen molar-refractivity contribution in [2.45, 2.75) is 65.1 Å². The molecule has 0 heterocycles. The zero-order valence-electron chi connectivity index (χ0n) is 12.7. The molecular weight excluding hydrogens is 260 g/mol. The maximum Gasteiger partial charge on any atom is 0.387 e. The molecule has 0 aliphatic heterocycles. The van der Waals surface area contributed by atoms with Gasteiger partial charge in [-0.2, -0.15) is 8.78 Å². The summed E-state index contributed by atoms with van der Waals surface area (Å²) in [6.07, 6.45) is 3.01. The SMILES string of the molecule is CCC(C)(C)NC(C)CCc1ccc(OC(F)F)cc1. The molecule has 0 aliphatic rings. The molecule has 0 saturated carbocycles. The Bertz CT molecular complexity index is 390. The lowest BCUT2D eigenvalue weighted by molar-refractivity contribution is -0.0498. The summed E-state index contributed by atoms with van der Waals surface area (Å²) in [7, 11) is 0. The highest BCUT2D eigenvalue weighted by atomic mass is 19.3. The lowest BCUT2D eigenvalue weighted by atomic mass is 9.98. The first-order valence-corrected chi connectivity index (χ1v) is 7.14. The second-order valence-corrected chi connectivity index (χ2v) is 5.84. The Balaban J connectivity index is 2.42. The summed E-state index contributed by atoms with van der Waals surface area (Å²) in [5, 5.41) is 3.59. The third-order valence-electron chi connectivity index (χ3n) is 3.54. The fraction of sp³-hybridized carbons (Fsp3) is 0.625. The molecule has 0 bridgehead atoms. The van der Waals surface area contributed by atoms with Crippen LogP contribution in [0.1, 0.15) is 46.1 Å². The Morgan fingerprint density at radius 2 is 1.80 bits per heavy atom. The minimum Gasteiger partial charge on any atom is -0.435 e. The summed E-state index contributed by atoms with van der Waals surface area (Å²) >= 11 is 0. The van der Waals surface area contributed by atoms with Gasteiger partial charge >= 0.3 is 6.61 Å². The fourth-order valence-corrected chi connectivity index (χ4v) is 2.06. The molecule has 0 spiro atoms. The molecule has 20 heavy (non-hydrogen) atoms. The first kappa shape index (κ1) is 16.9. The van der Waals surface area contributed by atoms with Crippen LogP contribution in [0.25, 0.3) is 0 Å². The highest BCUT2D eigenvalue weighted by molar-refractivity contribution is 5.27. The maximum absolute atomic E-state index is 12.0. The van der Waals surface area contributed by atoms with Crippen LogP contribution in [0.2, 0.25) is 0 Å². The number of hydrogen-bond donors (Lipinski definition) is 1. The van der Waals surface area contributed by atoms with E-state index in [0.29, 0.717) is 6.04 Å². The van der Waals surface area contributed by atoms with E-state index in [9.17, 15) is 8.78 Å². The normalized spacial score (nSPS) is 13.6. The van der Waals surface area contributed by atoms with Crippen molar-refractivity contribution in [2.24, 2.45) is 0 Å². The smallest absolute Gasteiger partial charge is 0.387 e. The molecular formula is C16H25F2NO. The summed E-state index contributed by atoms with van der Waals surface area (Å²) in [6.45, 7) is 5.97. The fourth-order valence-electron chi connectivity index (χ4n) is 2.06. The minimum atomic E-state index is -2.76. The van der Waals surface area contributed by atoms with E-state index in [2.05, 4.69) is 37.7 Å². The summed E-state index contributed by atoms with van der Waals surface area (Å²) in [5.74, 6) is 0.210. The van der Waals surface area contributed by atoms with Crippen LogP contribution in [0.3, 0.4) is 0 Å². The Kier molecular flexibility index (Phi) is 6.40. The number of alkyl halides is 2. The minimum absolute atomic E-state index is 0.147. The van der Waals surface area contributed by atoms with E-state index in [4.69, 9.17) is 0 Å². The topological polar surface area (TPSA) is 21.3 Å². The molecule has 0 aromatic heterocycles. The molecule has 0 amide bonds. The maximum atomic E-state index is 12.0. The molecule has 0 aliphatic carbocycles. The Hall–Kier alpha value is -1.16. The van der Waals surface area contributed by atoms with Gasteiger partial charge < -0.3 is 10.1 Å². The van der Waals surface area contributed by atoms with Gasteiger partial charge in [-0.05, 0) is 57.7 Å².